The Morgan fingerprint density at radius 1 is 1.37 bits per heavy atom. The first-order valence-corrected chi connectivity index (χ1v) is 7.42. The molecule has 0 bridgehead atoms. The molecule has 1 aliphatic rings. The monoisotopic (exact) mass is 278 g/mol. The molecular formula is C14H18N2O2S. The largest absolute Gasteiger partial charge is 0.497 e. The van der Waals surface area contributed by atoms with Gasteiger partial charge in [-0.25, -0.2) is 4.98 Å². The Labute approximate surface area is 116 Å². The van der Waals surface area contributed by atoms with Crippen LogP contribution in [-0.4, -0.2) is 31.3 Å². The maximum absolute atomic E-state index is 5.93. The third-order valence-electron chi connectivity index (χ3n) is 3.37. The van der Waals surface area contributed by atoms with Crippen molar-refractivity contribution >= 4 is 21.6 Å². The van der Waals surface area contributed by atoms with Crippen LogP contribution in [0.4, 0.5) is 0 Å². The quantitative estimate of drug-likeness (QED) is 0.933. The molecule has 2 aromatic rings. The number of hydrogen-bond acceptors (Lipinski definition) is 5. The molecule has 0 atom stereocenters. The van der Waals surface area contributed by atoms with Gasteiger partial charge in [-0.1, -0.05) is 0 Å². The zero-order valence-electron chi connectivity index (χ0n) is 11.0. The second-order valence-electron chi connectivity index (χ2n) is 4.70. The van der Waals surface area contributed by atoms with Crippen molar-refractivity contribution in [3.63, 3.8) is 0 Å². The fraction of sp³-hybridized carbons (Fsp3) is 0.500. The van der Waals surface area contributed by atoms with Gasteiger partial charge in [0.05, 0.1) is 30.0 Å². The summed E-state index contributed by atoms with van der Waals surface area (Å²) in [5.74, 6) is 0.877. The van der Waals surface area contributed by atoms with Crippen LogP contribution in [0.3, 0.4) is 0 Å². The van der Waals surface area contributed by atoms with Crippen LogP contribution >= 0.6 is 11.3 Å². The molecule has 0 unspecified atom stereocenters. The van der Waals surface area contributed by atoms with Gasteiger partial charge in [-0.3, -0.25) is 0 Å². The van der Waals surface area contributed by atoms with E-state index in [0.29, 0.717) is 12.7 Å². The summed E-state index contributed by atoms with van der Waals surface area (Å²) in [6.45, 7) is 2.73. The summed E-state index contributed by atoms with van der Waals surface area (Å²) in [7, 11) is 1.68. The third kappa shape index (κ3) is 3.05. The van der Waals surface area contributed by atoms with Crippen molar-refractivity contribution in [2.24, 2.45) is 0 Å². The van der Waals surface area contributed by atoms with E-state index in [9.17, 15) is 0 Å². The predicted octanol–water partition coefficient (Wildman–Crippen LogP) is 2.57. The van der Waals surface area contributed by atoms with Gasteiger partial charge in [0, 0.05) is 0 Å². The van der Waals surface area contributed by atoms with E-state index in [4.69, 9.17) is 9.47 Å². The molecule has 3 rings (SSSR count). The van der Waals surface area contributed by atoms with E-state index in [1.807, 2.05) is 18.2 Å². The van der Waals surface area contributed by atoms with Crippen LogP contribution in [0.25, 0.3) is 10.2 Å². The van der Waals surface area contributed by atoms with Crippen LogP contribution in [0.2, 0.25) is 0 Å². The minimum absolute atomic E-state index is 0.378. The summed E-state index contributed by atoms with van der Waals surface area (Å²) < 4.78 is 12.3. The average molecular weight is 278 g/mol. The second-order valence-corrected chi connectivity index (χ2v) is 5.82. The summed E-state index contributed by atoms with van der Waals surface area (Å²) in [6.07, 6.45) is 2.57. The van der Waals surface area contributed by atoms with Crippen LogP contribution in [-0.2, 0) is 11.3 Å². The predicted molar refractivity (Wildman–Crippen MR) is 76.9 cm³/mol. The number of benzene rings is 1. The van der Waals surface area contributed by atoms with Crippen molar-refractivity contribution in [1.82, 2.24) is 10.3 Å². The average Bonchev–Trinajstić information content (AvgIpc) is 2.88. The second kappa shape index (κ2) is 5.86. The molecule has 0 saturated carbocycles. The number of methoxy groups -OCH3 is 1. The lowest BCUT2D eigenvalue weighted by Crippen LogP contribution is -2.32. The Bertz CT molecular complexity index is 549. The molecule has 2 heterocycles. The number of thiazole rings is 1. The lowest BCUT2D eigenvalue weighted by atomic mass is 10.1. The maximum Gasteiger partial charge on any atom is 0.120 e. The number of ether oxygens (including phenoxy) is 2. The van der Waals surface area contributed by atoms with E-state index in [1.54, 1.807) is 18.4 Å². The number of nitrogens with zero attached hydrogens (tertiary/aromatic N) is 1. The molecule has 1 saturated heterocycles. The summed E-state index contributed by atoms with van der Waals surface area (Å²) in [5, 5.41) is 4.38. The third-order valence-corrected chi connectivity index (χ3v) is 4.36. The van der Waals surface area contributed by atoms with Gasteiger partial charge in [-0.05, 0) is 44.1 Å². The van der Waals surface area contributed by atoms with Gasteiger partial charge in [0.15, 0.2) is 0 Å². The van der Waals surface area contributed by atoms with Crippen LogP contribution in [0.15, 0.2) is 18.2 Å². The van der Waals surface area contributed by atoms with E-state index in [1.165, 1.54) is 0 Å². The van der Waals surface area contributed by atoms with Gasteiger partial charge in [0.25, 0.3) is 0 Å². The fourth-order valence-electron chi connectivity index (χ4n) is 2.29. The molecule has 5 heteroatoms. The summed E-state index contributed by atoms with van der Waals surface area (Å²) in [6, 6.07) is 5.97. The summed E-state index contributed by atoms with van der Waals surface area (Å²) in [5.41, 5.74) is 1.02. The smallest absolute Gasteiger partial charge is 0.120 e. The first kappa shape index (κ1) is 12.8. The maximum atomic E-state index is 5.93. The minimum atomic E-state index is 0.378. The fourth-order valence-corrected chi connectivity index (χ4v) is 3.21. The first-order valence-electron chi connectivity index (χ1n) is 6.61. The van der Waals surface area contributed by atoms with Crippen molar-refractivity contribution in [3.05, 3.63) is 23.2 Å². The topological polar surface area (TPSA) is 43.4 Å². The van der Waals surface area contributed by atoms with Crippen LogP contribution < -0.4 is 10.1 Å². The summed E-state index contributed by atoms with van der Waals surface area (Å²) in [4.78, 5) is 4.59. The van der Waals surface area contributed by atoms with Gasteiger partial charge in [0.1, 0.15) is 10.8 Å². The summed E-state index contributed by atoms with van der Waals surface area (Å²) >= 11 is 1.68. The van der Waals surface area contributed by atoms with Crippen molar-refractivity contribution in [2.75, 3.05) is 20.2 Å². The molecule has 0 aliphatic carbocycles. The zero-order valence-corrected chi connectivity index (χ0v) is 11.8. The molecule has 19 heavy (non-hydrogen) atoms. The molecule has 0 radical (unpaired) electrons. The Kier molecular flexibility index (Phi) is 3.96. The van der Waals surface area contributed by atoms with Crippen molar-refractivity contribution in [1.29, 1.82) is 0 Å². The van der Waals surface area contributed by atoms with E-state index in [-0.39, 0.29) is 0 Å². The lowest BCUT2D eigenvalue weighted by Gasteiger charge is -2.22. The molecule has 0 spiro atoms. The van der Waals surface area contributed by atoms with E-state index >= 15 is 0 Å². The standard InChI is InChI=1S/C14H18N2O2S/c1-17-11-2-3-12-13(8-11)19-14(16-12)9-18-10-4-6-15-7-5-10/h2-3,8,10,15H,4-7,9H2,1H3. The molecule has 0 amide bonds. The van der Waals surface area contributed by atoms with E-state index in [0.717, 1.165) is 46.9 Å². The highest BCUT2D eigenvalue weighted by Gasteiger charge is 2.14. The Balaban J connectivity index is 1.67. The van der Waals surface area contributed by atoms with Crippen LogP contribution in [0, 0.1) is 0 Å². The van der Waals surface area contributed by atoms with E-state index < -0.39 is 0 Å². The Morgan fingerprint density at radius 2 is 2.21 bits per heavy atom. The van der Waals surface area contributed by atoms with Crippen molar-refractivity contribution < 1.29 is 9.47 Å². The molecule has 1 aromatic carbocycles. The minimum Gasteiger partial charge on any atom is -0.497 e. The number of rotatable bonds is 4. The van der Waals surface area contributed by atoms with Gasteiger partial charge < -0.3 is 14.8 Å². The van der Waals surface area contributed by atoms with Crippen molar-refractivity contribution in [3.8, 4) is 5.75 Å². The van der Waals surface area contributed by atoms with Crippen LogP contribution in [0.5, 0.6) is 5.75 Å². The van der Waals surface area contributed by atoms with Gasteiger partial charge in [0.2, 0.25) is 0 Å². The number of piperidine rings is 1. The lowest BCUT2D eigenvalue weighted by molar-refractivity contribution is 0.0212. The SMILES string of the molecule is COc1ccc2nc(COC3CCNCC3)sc2c1. The van der Waals surface area contributed by atoms with Crippen LogP contribution in [0.1, 0.15) is 17.8 Å². The highest BCUT2D eigenvalue weighted by molar-refractivity contribution is 7.18. The molecule has 1 aromatic heterocycles. The normalized spacial score (nSPS) is 16.9. The van der Waals surface area contributed by atoms with Gasteiger partial charge in [-0.2, -0.15) is 0 Å². The zero-order chi connectivity index (χ0) is 13.1. The number of aromatic nitrogens is 1. The first-order chi connectivity index (χ1) is 9.35. The van der Waals surface area contributed by atoms with E-state index in [2.05, 4.69) is 10.3 Å². The number of nitrogens with one attached hydrogen (secondary N) is 1. The van der Waals surface area contributed by atoms with Gasteiger partial charge >= 0.3 is 0 Å². The highest BCUT2D eigenvalue weighted by Crippen LogP contribution is 2.27. The Morgan fingerprint density at radius 3 is 3.00 bits per heavy atom. The molecular weight excluding hydrogens is 260 g/mol. The molecule has 1 fully saturated rings. The van der Waals surface area contributed by atoms with Gasteiger partial charge in [-0.15, -0.1) is 11.3 Å². The molecule has 1 N–H and O–H groups in total. The van der Waals surface area contributed by atoms with Crippen molar-refractivity contribution in [2.45, 2.75) is 25.6 Å². The number of hydrogen-bond donors (Lipinski definition) is 1. The molecule has 1 aliphatic heterocycles. The molecule has 4 nitrogen and oxygen atoms in total. The Hall–Kier alpha value is -1.17. The molecule has 102 valence electrons. The highest BCUT2D eigenvalue weighted by atomic mass is 32.1. The number of fused-ring (bicyclic) bond motifs is 1.